The van der Waals surface area contributed by atoms with Crippen molar-refractivity contribution in [3.05, 3.63) is 15.7 Å². The van der Waals surface area contributed by atoms with Crippen LogP contribution in [0.4, 0.5) is 10.6 Å². The van der Waals surface area contributed by atoms with Gasteiger partial charge >= 0.3 is 12.1 Å². The zero-order chi connectivity index (χ0) is 20.4. The molecule has 0 aliphatic carbocycles. The van der Waals surface area contributed by atoms with Crippen LogP contribution in [0.3, 0.4) is 0 Å². The molecule has 1 aliphatic heterocycles. The van der Waals surface area contributed by atoms with Crippen molar-refractivity contribution in [2.75, 3.05) is 37.7 Å². The number of ether oxygens (including phenoxy) is 2. The number of piperazine rings is 1. The zero-order valence-corrected chi connectivity index (χ0v) is 17.9. The predicted molar refractivity (Wildman–Crippen MR) is 109 cm³/mol. The van der Waals surface area contributed by atoms with E-state index in [1.807, 2.05) is 20.8 Å². The highest BCUT2D eigenvalue weighted by molar-refractivity contribution is 7.20. The van der Waals surface area contributed by atoms with Crippen LogP contribution in [0.15, 0.2) is 0 Å². The minimum absolute atomic E-state index is 0.125. The van der Waals surface area contributed by atoms with Crippen LogP contribution < -0.4 is 4.90 Å². The summed E-state index contributed by atoms with van der Waals surface area (Å²) >= 11 is 7.40. The summed E-state index contributed by atoms with van der Waals surface area (Å²) in [5, 5.41) is 0.926. The van der Waals surface area contributed by atoms with E-state index >= 15 is 0 Å². The van der Waals surface area contributed by atoms with Gasteiger partial charge in [0.25, 0.3) is 0 Å². The van der Waals surface area contributed by atoms with E-state index in [4.69, 9.17) is 21.1 Å². The molecule has 0 unspecified atom stereocenters. The molecule has 0 saturated carbocycles. The summed E-state index contributed by atoms with van der Waals surface area (Å²) in [7, 11) is 0. The molecule has 8 nitrogen and oxygen atoms in total. The third-order valence-corrected chi connectivity index (χ3v) is 5.71. The molecule has 1 amide bonds. The van der Waals surface area contributed by atoms with E-state index in [1.54, 1.807) is 11.8 Å². The second-order valence-electron chi connectivity index (χ2n) is 6.68. The number of hydrogen-bond donors (Lipinski definition) is 0. The lowest BCUT2D eigenvalue weighted by Gasteiger charge is -2.35. The highest BCUT2D eigenvalue weighted by Crippen LogP contribution is 2.37. The second-order valence-corrected chi connectivity index (χ2v) is 8.02. The van der Waals surface area contributed by atoms with Crippen molar-refractivity contribution >= 4 is 51.0 Å². The first kappa shape index (κ1) is 20.6. The van der Waals surface area contributed by atoms with E-state index in [0.717, 1.165) is 10.9 Å². The molecule has 0 aromatic carbocycles. The summed E-state index contributed by atoms with van der Waals surface area (Å²) in [6.07, 6.45) is -0.513. The molecule has 0 atom stereocenters. The molecule has 2 aromatic rings. The van der Waals surface area contributed by atoms with Gasteiger partial charge in [-0.1, -0.05) is 0 Å². The van der Waals surface area contributed by atoms with Gasteiger partial charge in [0.05, 0.1) is 18.1 Å². The lowest BCUT2D eigenvalue weighted by molar-refractivity contribution is 0.0383. The number of esters is 1. The molecule has 10 heteroatoms. The van der Waals surface area contributed by atoms with E-state index in [1.165, 1.54) is 11.3 Å². The average Bonchev–Trinajstić information content (AvgIpc) is 2.97. The number of carbonyl (C=O) groups is 2. The van der Waals surface area contributed by atoms with Gasteiger partial charge in [-0.2, -0.15) is 4.98 Å². The van der Waals surface area contributed by atoms with Gasteiger partial charge < -0.3 is 19.3 Å². The van der Waals surface area contributed by atoms with Crippen LogP contribution in [0, 0.1) is 6.92 Å². The standard InChI is InChI=1S/C18H23ClN4O4S/c1-5-26-18(25)23-8-6-22(7-9-23)14-12-11(4)13(16(24)27-10(2)3)28-15(12)21-17(19)20-14/h10H,5-9H2,1-4H3. The molecule has 1 fully saturated rings. The van der Waals surface area contributed by atoms with E-state index in [0.29, 0.717) is 48.3 Å². The molecule has 1 aliphatic rings. The third-order valence-electron chi connectivity index (χ3n) is 4.38. The number of thiophene rings is 1. The minimum atomic E-state index is -0.371. The van der Waals surface area contributed by atoms with Gasteiger partial charge in [0, 0.05) is 26.2 Å². The minimum Gasteiger partial charge on any atom is -0.459 e. The Morgan fingerprint density at radius 1 is 1.21 bits per heavy atom. The number of fused-ring (bicyclic) bond motifs is 1. The first-order valence-corrected chi connectivity index (χ1v) is 10.4. The summed E-state index contributed by atoms with van der Waals surface area (Å²) in [6.45, 7) is 9.84. The number of nitrogens with zero attached hydrogens (tertiary/aromatic N) is 4. The van der Waals surface area contributed by atoms with Crippen LogP contribution in [0.5, 0.6) is 0 Å². The predicted octanol–water partition coefficient (Wildman–Crippen LogP) is 3.50. The van der Waals surface area contributed by atoms with Gasteiger partial charge in [-0.25, -0.2) is 14.6 Å². The van der Waals surface area contributed by atoms with E-state index < -0.39 is 0 Å². The van der Waals surface area contributed by atoms with Gasteiger partial charge in [0.2, 0.25) is 5.28 Å². The average molecular weight is 427 g/mol. The molecule has 2 aromatic heterocycles. The number of amides is 1. The SMILES string of the molecule is CCOC(=O)N1CCN(c2nc(Cl)nc3sc(C(=O)OC(C)C)c(C)c23)CC1. The number of carbonyl (C=O) groups excluding carboxylic acids is 2. The fraction of sp³-hybridized carbons (Fsp3) is 0.556. The van der Waals surface area contributed by atoms with Crippen molar-refractivity contribution in [3.63, 3.8) is 0 Å². The Hall–Kier alpha value is -2.13. The van der Waals surface area contributed by atoms with Crippen LogP contribution in [0.2, 0.25) is 5.28 Å². The summed E-state index contributed by atoms with van der Waals surface area (Å²) < 4.78 is 10.4. The van der Waals surface area contributed by atoms with Crippen molar-refractivity contribution in [2.45, 2.75) is 33.8 Å². The zero-order valence-electron chi connectivity index (χ0n) is 16.3. The van der Waals surface area contributed by atoms with Crippen molar-refractivity contribution < 1.29 is 19.1 Å². The number of aromatic nitrogens is 2. The van der Waals surface area contributed by atoms with Crippen LogP contribution >= 0.6 is 22.9 Å². The largest absolute Gasteiger partial charge is 0.459 e. The molecule has 0 bridgehead atoms. The first-order chi connectivity index (χ1) is 13.3. The summed E-state index contributed by atoms with van der Waals surface area (Å²) in [6, 6.07) is 0. The number of halogens is 1. The van der Waals surface area contributed by atoms with Gasteiger partial charge in [-0.3, -0.25) is 0 Å². The second kappa shape index (κ2) is 8.48. The van der Waals surface area contributed by atoms with E-state index in [2.05, 4.69) is 14.9 Å². The maximum atomic E-state index is 12.4. The van der Waals surface area contributed by atoms with Gasteiger partial charge in [-0.15, -0.1) is 11.3 Å². The Morgan fingerprint density at radius 3 is 2.50 bits per heavy atom. The lowest BCUT2D eigenvalue weighted by atomic mass is 10.2. The van der Waals surface area contributed by atoms with E-state index in [9.17, 15) is 9.59 Å². The molecular formula is C18H23ClN4O4S. The Labute approximate surface area is 172 Å². The molecule has 3 heterocycles. The van der Waals surface area contributed by atoms with Gasteiger partial charge in [0.1, 0.15) is 15.5 Å². The number of aryl methyl sites for hydroxylation is 1. The van der Waals surface area contributed by atoms with Crippen molar-refractivity contribution in [3.8, 4) is 0 Å². The van der Waals surface area contributed by atoms with Crippen molar-refractivity contribution in [1.29, 1.82) is 0 Å². The molecule has 0 spiro atoms. The highest BCUT2D eigenvalue weighted by Gasteiger charge is 2.27. The van der Waals surface area contributed by atoms with Gasteiger partial charge in [0.15, 0.2) is 0 Å². The highest BCUT2D eigenvalue weighted by atomic mass is 35.5. The fourth-order valence-corrected chi connectivity index (χ4v) is 4.37. The molecule has 1 saturated heterocycles. The van der Waals surface area contributed by atoms with Crippen LogP contribution in [-0.2, 0) is 9.47 Å². The molecular weight excluding hydrogens is 404 g/mol. The lowest BCUT2D eigenvalue weighted by Crippen LogP contribution is -2.49. The Kier molecular flexibility index (Phi) is 6.24. The Morgan fingerprint density at radius 2 is 1.89 bits per heavy atom. The molecule has 3 rings (SSSR count). The van der Waals surface area contributed by atoms with Crippen molar-refractivity contribution in [1.82, 2.24) is 14.9 Å². The molecule has 28 heavy (non-hydrogen) atoms. The van der Waals surface area contributed by atoms with E-state index in [-0.39, 0.29) is 23.5 Å². The van der Waals surface area contributed by atoms with Crippen LogP contribution in [0.1, 0.15) is 36.0 Å². The smallest absolute Gasteiger partial charge is 0.409 e. The summed E-state index contributed by atoms with van der Waals surface area (Å²) in [4.78, 5) is 38.0. The van der Waals surface area contributed by atoms with Crippen LogP contribution in [-0.4, -0.2) is 65.8 Å². The normalized spacial score (nSPS) is 14.6. The maximum Gasteiger partial charge on any atom is 0.409 e. The van der Waals surface area contributed by atoms with Crippen molar-refractivity contribution in [2.24, 2.45) is 0 Å². The number of anilines is 1. The van der Waals surface area contributed by atoms with Crippen LogP contribution in [0.25, 0.3) is 10.2 Å². The Bertz CT molecular complexity index is 893. The topological polar surface area (TPSA) is 84.9 Å². The van der Waals surface area contributed by atoms with Gasteiger partial charge in [-0.05, 0) is 44.9 Å². The maximum absolute atomic E-state index is 12.4. The molecule has 0 N–H and O–H groups in total. The quantitative estimate of drug-likeness (QED) is 0.546. The number of rotatable bonds is 4. The first-order valence-electron chi connectivity index (χ1n) is 9.16. The third kappa shape index (κ3) is 4.15. The monoisotopic (exact) mass is 426 g/mol. The summed E-state index contributed by atoms with van der Waals surface area (Å²) in [5.41, 5.74) is 0.783. The Balaban J connectivity index is 1.91. The number of hydrogen-bond acceptors (Lipinski definition) is 8. The fourth-order valence-electron chi connectivity index (χ4n) is 3.10. The molecule has 152 valence electrons. The molecule has 0 radical (unpaired) electrons. The summed E-state index contributed by atoms with van der Waals surface area (Å²) in [5.74, 6) is 0.306.